The number of nitrogens with one attached hydrogen (secondary N) is 2. The van der Waals surface area contributed by atoms with Gasteiger partial charge in [-0.05, 0) is 12.8 Å². The van der Waals surface area contributed by atoms with Crippen LogP contribution >= 0.6 is 0 Å². The highest BCUT2D eigenvalue weighted by Gasteiger charge is 2.15. The van der Waals surface area contributed by atoms with Crippen molar-refractivity contribution in [3.05, 3.63) is 6.20 Å². The molecule has 0 fully saturated rings. The summed E-state index contributed by atoms with van der Waals surface area (Å²) < 4.78 is 0. The largest absolute Gasteiger partial charge is 0.357 e. The molecule has 0 aliphatic rings. The fraction of sp³-hybridized carbons (Fsp3) is 0.643. The van der Waals surface area contributed by atoms with Gasteiger partial charge in [-0.15, -0.1) is 0 Å². The zero-order valence-electron chi connectivity index (χ0n) is 12.6. The first-order chi connectivity index (χ1) is 9.80. The van der Waals surface area contributed by atoms with E-state index in [0.29, 0.717) is 5.95 Å². The lowest BCUT2D eigenvalue weighted by molar-refractivity contribution is 0.673. The predicted molar refractivity (Wildman–Crippen MR) is 83.3 cm³/mol. The number of hydrogen-bond acceptors (Lipinski definition) is 5. The van der Waals surface area contributed by atoms with Crippen LogP contribution in [0.1, 0.15) is 39.5 Å². The van der Waals surface area contributed by atoms with Crippen molar-refractivity contribution in [1.29, 1.82) is 0 Å². The van der Waals surface area contributed by atoms with Gasteiger partial charge in [-0.1, -0.05) is 26.7 Å². The van der Waals surface area contributed by atoms with Crippen LogP contribution in [0, 0.1) is 0 Å². The molecule has 20 heavy (non-hydrogen) atoms. The van der Waals surface area contributed by atoms with Crippen molar-refractivity contribution in [1.82, 2.24) is 20.2 Å². The summed E-state index contributed by atoms with van der Waals surface area (Å²) in [4.78, 5) is 11.4. The number of hydrogen-bond donors (Lipinski definition) is 2. The Labute approximate surface area is 120 Å². The zero-order chi connectivity index (χ0) is 14.4. The van der Waals surface area contributed by atoms with Crippen molar-refractivity contribution in [2.75, 3.05) is 30.4 Å². The van der Waals surface area contributed by atoms with Gasteiger partial charge in [-0.25, -0.2) is 0 Å². The van der Waals surface area contributed by atoms with Crippen molar-refractivity contribution in [3.8, 4) is 0 Å². The van der Waals surface area contributed by atoms with E-state index in [1.165, 1.54) is 25.7 Å². The van der Waals surface area contributed by atoms with Crippen LogP contribution in [0.25, 0.3) is 11.0 Å². The van der Waals surface area contributed by atoms with E-state index in [4.69, 9.17) is 0 Å². The van der Waals surface area contributed by atoms with Gasteiger partial charge in [-0.2, -0.15) is 15.1 Å². The van der Waals surface area contributed by atoms with E-state index in [9.17, 15) is 0 Å². The summed E-state index contributed by atoms with van der Waals surface area (Å²) in [5.41, 5.74) is 0.789. The average Bonchev–Trinajstić information content (AvgIpc) is 2.95. The van der Waals surface area contributed by atoms with Crippen molar-refractivity contribution in [3.63, 3.8) is 0 Å². The predicted octanol–water partition coefficient (Wildman–Crippen LogP) is 2.80. The third-order valence-corrected chi connectivity index (χ3v) is 3.38. The maximum absolute atomic E-state index is 4.64. The summed E-state index contributed by atoms with van der Waals surface area (Å²) in [5.74, 6) is 1.62. The van der Waals surface area contributed by atoms with Crippen molar-refractivity contribution < 1.29 is 0 Å². The van der Waals surface area contributed by atoms with Crippen LogP contribution in [0.2, 0.25) is 0 Å². The van der Waals surface area contributed by atoms with E-state index < -0.39 is 0 Å². The van der Waals surface area contributed by atoms with Gasteiger partial charge >= 0.3 is 0 Å². The maximum atomic E-state index is 4.64. The molecular formula is C14H24N6. The lowest BCUT2D eigenvalue weighted by Gasteiger charge is -2.24. The molecule has 0 saturated heterocycles. The maximum Gasteiger partial charge on any atom is 0.226 e. The Hall–Kier alpha value is -1.85. The smallest absolute Gasteiger partial charge is 0.226 e. The van der Waals surface area contributed by atoms with Gasteiger partial charge in [0, 0.05) is 20.1 Å². The van der Waals surface area contributed by atoms with Crippen LogP contribution in [0.4, 0.5) is 11.8 Å². The van der Waals surface area contributed by atoms with Gasteiger partial charge in [0.2, 0.25) is 5.95 Å². The molecule has 0 aliphatic carbocycles. The molecule has 2 aromatic heterocycles. The van der Waals surface area contributed by atoms with E-state index >= 15 is 0 Å². The molecule has 0 atom stereocenters. The van der Waals surface area contributed by atoms with Gasteiger partial charge < -0.3 is 10.2 Å². The van der Waals surface area contributed by atoms with Gasteiger partial charge in [-0.3, -0.25) is 5.10 Å². The molecule has 2 rings (SSSR count). The Morgan fingerprint density at radius 2 is 1.85 bits per heavy atom. The Morgan fingerprint density at radius 3 is 2.45 bits per heavy atom. The van der Waals surface area contributed by atoms with Crippen LogP contribution < -0.4 is 10.2 Å². The summed E-state index contributed by atoms with van der Waals surface area (Å²) in [6.07, 6.45) is 6.52. The molecule has 110 valence electrons. The minimum atomic E-state index is 0.634. The number of H-pyrrole nitrogens is 1. The first kappa shape index (κ1) is 14.6. The van der Waals surface area contributed by atoms with Gasteiger partial charge in [0.15, 0.2) is 5.65 Å². The fourth-order valence-corrected chi connectivity index (χ4v) is 2.19. The number of aromatic nitrogens is 4. The quantitative estimate of drug-likeness (QED) is 0.776. The van der Waals surface area contributed by atoms with Crippen LogP contribution in [0.5, 0.6) is 0 Å². The molecule has 2 aromatic rings. The lowest BCUT2D eigenvalue weighted by Crippen LogP contribution is -2.27. The second-order valence-corrected chi connectivity index (χ2v) is 4.95. The summed E-state index contributed by atoms with van der Waals surface area (Å²) in [6, 6.07) is 0. The molecule has 2 heterocycles. The van der Waals surface area contributed by atoms with Gasteiger partial charge in [0.05, 0.1) is 11.6 Å². The number of fused-ring (bicyclic) bond motifs is 1. The summed E-state index contributed by atoms with van der Waals surface area (Å²) >= 11 is 0. The van der Waals surface area contributed by atoms with Crippen molar-refractivity contribution in [2.45, 2.75) is 39.5 Å². The van der Waals surface area contributed by atoms with E-state index in [2.05, 4.69) is 44.2 Å². The molecule has 0 spiro atoms. The number of nitrogens with zero attached hydrogens (tertiary/aromatic N) is 4. The molecule has 6 nitrogen and oxygen atoms in total. The lowest BCUT2D eigenvalue weighted by atomic mass is 10.2. The monoisotopic (exact) mass is 276 g/mol. The fourth-order valence-electron chi connectivity index (χ4n) is 2.19. The van der Waals surface area contributed by atoms with E-state index in [1.807, 2.05) is 13.2 Å². The van der Waals surface area contributed by atoms with Crippen LogP contribution in [0.15, 0.2) is 6.20 Å². The number of unbranched alkanes of at least 4 members (excludes halogenated alkanes) is 2. The number of rotatable bonds is 8. The normalized spacial score (nSPS) is 10.9. The van der Waals surface area contributed by atoms with E-state index in [1.54, 1.807) is 0 Å². The molecule has 6 heteroatoms. The molecule has 0 saturated carbocycles. The second kappa shape index (κ2) is 7.07. The minimum Gasteiger partial charge on any atom is -0.357 e. The van der Waals surface area contributed by atoms with E-state index in [-0.39, 0.29) is 0 Å². The molecule has 2 N–H and O–H groups in total. The first-order valence-corrected chi connectivity index (χ1v) is 7.44. The Morgan fingerprint density at radius 1 is 1.15 bits per heavy atom. The number of aromatic amines is 1. The molecule has 0 amide bonds. The SMILES string of the molecule is CCCCN(CCCC)c1nc(NC)nc2[nH]ncc12. The van der Waals surface area contributed by atoms with Crippen molar-refractivity contribution >= 4 is 22.8 Å². The number of anilines is 2. The van der Waals surface area contributed by atoms with Crippen LogP contribution in [-0.4, -0.2) is 40.3 Å². The third kappa shape index (κ3) is 3.18. The molecule has 0 radical (unpaired) electrons. The highest BCUT2D eigenvalue weighted by molar-refractivity contribution is 5.87. The molecule has 0 unspecified atom stereocenters. The van der Waals surface area contributed by atoms with Crippen LogP contribution in [-0.2, 0) is 0 Å². The highest BCUT2D eigenvalue weighted by Crippen LogP contribution is 2.24. The third-order valence-electron chi connectivity index (χ3n) is 3.38. The molecular weight excluding hydrogens is 252 g/mol. The topological polar surface area (TPSA) is 69.7 Å². The molecule has 0 aromatic carbocycles. The average molecular weight is 276 g/mol. The van der Waals surface area contributed by atoms with Gasteiger partial charge in [0.25, 0.3) is 0 Å². The molecule has 0 aliphatic heterocycles. The highest BCUT2D eigenvalue weighted by atomic mass is 15.3. The zero-order valence-corrected chi connectivity index (χ0v) is 12.6. The summed E-state index contributed by atoms with van der Waals surface area (Å²) in [7, 11) is 1.84. The Bertz CT molecular complexity index is 527. The Balaban J connectivity index is 2.36. The first-order valence-electron chi connectivity index (χ1n) is 7.44. The second-order valence-electron chi connectivity index (χ2n) is 4.95. The van der Waals surface area contributed by atoms with E-state index in [0.717, 1.165) is 29.9 Å². The Kier molecular flexibility index (Phi) is 5.15. The van der Waals surface area contributed by atoms with Crippen molar-refractivity contribution in [2.24, 2.45) is 0 Å². The molecule has 0 bridgehead atoms. The van der Waals surface area contributed by atoms with Crippen LogP contribution in [0.3, 0.4) is 0 Å². The summed E-state index contributed by atoms with van der Waals surface area (Å²) in [6.45, 7) is 6.47. The standard InChI is InChI=1S/C14H24N6/c1-4-6-8-20(9-7-5-2)13-11-10-16-19-12(11)17-14(15-3)18-13/h10H,4-9H2,1-3H3,(H2,15,16,17,18,19). The minimum absolute atomic E-state index is 0.634. The summed E-state index contributed by atoms with van der Waals surface area (Å²) in [5, 5.41) is 11.0. The van der Waals surface area contributed by atoms with Gasteiger partial charge in [0.1, 0.15) is 5.82 Å².